The normalized spacial score (nSPS) is 17.3. The number of aryl methyl sites for hydroxylation is 2. The molecule has 0 saturated carbocycles. The van der Waals surface area contributed by atoms with Crippen molar-refractivity contribution in [1.29, 1.82) is 0 Å². The van der Waals surface area contributed by atoms with Gasteiger partial charge in [-0.15, -0.1) is 0 Å². The van der Waals surface area contributed by atoms with E-state index in [0.717, 1.165) is 20.2 Å². The summed E-state index contributed by atoms with van der Waals surface area (Å²) in [6.45, 7) is 7.20. The monoisotopic (exact) mass is 666 g/mol. The number of rotatable bonds is 6. The predicted octanol–water partition coefficient (Wildman–Crippen LogP) is 9.54. The smallest absolute Gasteiger partial charge is 0.0238 e. The van der Waals surface area contributed by atoms with E-state index in [2.05, 4.69) is 142 Å². The third-order valence-electron chi connectivity index (χ3n) is 7.29. The molecule has 2 aliphatic carbocycles. The van der Waals surface area contributed by atoms with Crippen LogP contribution in [-0.2, 0) is 35.7 Å². The molecule has 0 N–H and O–H groups in total. The molecule has 0 aromatic heterocycles. The second-order valence-corrected chi connectivity index (χ2v) is 17.8. The van der Waals surface area contributed by atoms with E-state index in [0.29, 0.717) is 0 Å². The first-order chi connectivity index (χ1) is 18.1. The molecular weight excluding hydrogens is 630 g/mol. The SMILES string of the molecule is CC1=Cc2ccccc2[CH]1[Hf][CH]1C(P(C)C)=Cc2ccccc21.c1ccc(CCc2ccccc2)cc1. The first-order valence-corrected chi connectivity index (χ1v) is 19.6. The molecule has 0 aliphatic heterocycles. The molecule has 2 aliphatic rings. The van der Waals surface area contributed by atoms with Crippen LogP contribution in [0.2, 0.25) is 0 Å². The summed E-state index contributed by atoms with van der Waals surface area (Å²) in [4.78, 5) is 0. The summed E-state index contributed by atoms with van der Waals surface area (Å²) in [6.07, 6.45) is 7.20. The Labute approximate surface area is 235 Å². The standard InChI is InChI=1S/C14H14.C11H12P.C10H9.Hf/c1-3-7-13(8-4-1)11-12-14-9-5-2-6-10-14;1-12(2)11-7-9-5-3-4-6-10(9)8-11;1-8-6-9-4-2-3-5-10(9)7-8;/h1-10H,11-12H2;3-8H,1-2H3;2-7H,1H3;. The summed E-state index contributed by atoms with van der Waals surface area (Å²) >= 11 is -0.920. The number of hydrogen-bond donors (Lipinski definition) is 0. The fourth-order valence-corrected chi connectivity index (χ4v) is 16.3. The van der Waals surface area contributed by atoms with E-state index in [1.165, 1.54) is 22.3 Å². The molecule has 4 aromatic rings. The Balaban J connectivity index is 0.000000171. The number of fused-ring (bicyclic) bond motifs is 2. The molecular formula is C35H35HfP. The Bertz CT molecular complexity index is 1350. The maximum absolute atomic E-state index is 2.51. The summed E-state index contributed by atoms with van der Waals surface area (Å²) in [7, 11) is 0.00124. The van der Waals surface area contributed by atoms with Crippen LogP contribution < -0.4 is 0 Å². The second kappa shape index (κ2) is 12.5. The van der Waals surface area contributed by atoms with Gasteiger partial charge in [0, 0.05) is 0 Å². The van der Waals surface area contributed by atoms with Crippen LogP contribution in [0.3, 0.4) is 0 Å². The average molecular weight is 665 g/mol. The molecule has 2 heteroatoms. The minimum absolute atomic E-state index is 0.00124. The van der Waals surface area contributed by atoms with E-state index in [-0.39, 0.29) is 7.92 Å². The van der Waals surface area contributed by atoms with Crippen LogP contribution in [0.1, 0.15) is 47.7 Å². The van der Waals surface area contributed by atoms with Gasteiger partial charge in [0.1, 0.15) is 0 Å². The molecule has 4 aromatic carbocycles. The summed E-state index contributed by atoms with van der Waals surface area (Å²) < 4.78 is 1.55. The zero-order valence-corrected chi connectivity index (χ0v) is 26.6. The first kappa shape index (κ1) is 26.3. The summed E-state index contributed by atoms with van der Waals surface area (Å²) in [6, 6.07) is 39.4. The van der Waals surface area contributed by atoms with Gasteiger partial charge in [0.15, 0.2) is 0 Å². The van der Waals surface area contributed by atoms with Crippen molar-refractivity contribution in [2.24, 2.45) is 0 Å². The van der Waals surface area contributed by atoms with Crippen LogP contribution in [0.5, 0.6) is 0 Å². The average Bonchev–Trinajstić information content (AvgIpc) is 3.47. The zero-order chi connectivity index (χ0) is 25.6. The van der Waals surface area contributed by atoms with Crippen molar-refractivity contribution in [3.63, 3.8) is 0 Å². The zero-order valence-electron chi connectivity index (χ0n) is 22.1. The number of hydrogen-bond acceptors (Lipinski definition) is 0. The van der Waals surface area contributed by atoms with E-state index in [1.54, 1.807) is 22.0 Å². The van der Waals surface area contributed by atoms with Crippen LogP contribution in [0.15, 0.2) is 120 Å². The molecule has 0 spiro atoms. The largest absolute Gasteiger partial charge is 0.0622 e. The molecule has 184 valence electrons. The fourth-order valence-electron chi connectivity index (χ4n) is 5.31. The van der Waals surface area contributed by atoms with Gasteiger partial charge in [-0.3, -0.25) is 0 Å². The summed E-state index contributed by atoms with van der Waals surface area (Å²) in [5.74, 6) is 0. The predicted molar refractivity (Wildman–Crippen MR) is 159 cm³/mol. The van der Waals surface area contributed by atoms with Gasteiger partial charge in [0.2, 0.25) is 0 Å². The molecule has 0 saturated heterocycles. The molecule has 2 atom stereocenters. The summed E-state index contributed by atoms with van der Waals surface area (Å²) in [5.41, 5.74) is 10.6. The van der Waals surface area contributed by atoms with Gasteiger partial charge >= 0.3 is 152 Å². The van der Waals surface area contributed by atoms with Crippen molar-refractivity contribution >= 4 is 20.1 Å². The van der Waals surface area contributed by atoms with Gasteiger partial charge in [-0.1, -0.05) is 60.7 Å². The van der Waals surface area contributed by atoms with E-state index in [1.807, 2.05) is 0 Å². The maximum atomic E-state index is 2.51. The van der Waals surface area contributed by atoms with Crippen molar-refractivity contribution in [3.05, 3.63) is 153 Å². The topological polar surface area (TPSA) is 0 Å². The Morgan fingerprint density at radius 2 is 1.03 bits per heavy atom. The van der Waals surface area contributed by atoms with Crippen LogP contribution in [0.4, 0.5) is 0 Å². The van der Waals surface area contributed by atoms with Crippen LogP contribution in [0.25, 0.3) is 12.2 Å². The van der Waals surface area contributed by atoms with E-state index >= 15 is 0 Å². The molecule has 0 bridgehead atoms. The maximum Gasteiger partial charge on any atom is -0.0238 e. The van der Waals surface area contributed by atoms with E-state index in [4.69, 9.17) is 0 Å². The second-order valence-electron chi connectivity index (χ2n) is 10.1. The Kier molecular flexibility index (Phi) is 8.85. The minimum Gasteiger partial charge on any atom is -0.0622 e. The molecule has 0 amide bonds. The van der Waals surface area contributed by atoms with Crippen molar-refractivity contribution in [2.45, 2.75) is 27.1 Å². The third kappa shape index (κ3) is 6.39. The molecule has 37 heavy (non-hydrogen) atoms. The quantitative estimate of drug-likeness (QED) is 0.142. The molecule has 0 radical (unpaired) electrons. The van der Waals surface area contributed by atoms with Gasteiger partial charge < -0.3 is 0 Å². The third-order valence-corrected chi connectivity index (χ3v) is 17.0. The molecule has 0 fully saturated rings. The fraction of sp³-hybridized carbons (Fsp3) is 0.200. The van der Waals surface area contributed by atoms with Crippen molar-refractivity contribution < 1.29 is 22.9 Å². The van der Waals surface area contributed by atoms with Crippen LogP contribution >= 0.6 is 7.92 Å². The minimum atomic E-state index is -0.920. The van der Waals surface area contributed by atoms with Crippen LogP contribution in [-0.4, -0.2) is 13.3 Å². The molecule has 0 nitrogen and oxygen atoms in total. The van der Waals surface area contributed by atoms with Gasteiger partial charge in [-0.2, -0.15) is 0 Å². The van der Waals surface area contributed by atoms with E-state index < -0.39 is 22.9 Å². The first-order valence-electron chi connectivity index (χ1n) is 13.2. The van der Waals surface area contributed by atoms with Crippen molar-refractivity contribution in [3.8, 4) is 0 Å². The van der Waals surface area contributed by atoms with Gasteiger partial charge in [-0.05, 0) is 24.0 Å². The molecule has 6 rings (SSSR count). The molecule has 0 heterocycles. The number of benzene rings is 4. The van der Waals surface area contributed by atoms with Crippen molar-refractivity contribution in [1.82, 2.24) is 0 Å². The molecule has 2 unspecified atom stereocenters. The van der Waals surface area contributed by atoms with Crippen LogP contribution in [0, 0.1) is 0 Å². The van der Waals surface area contributed by atoms with Gasteiger partial charge in [0.05, 0.1) is 0 Å². The Morgan fingerprint density at radius 3 is 1.57 bits per heavy atom. The van der Waals surface area contributed by atoms with Gasteiger partial charge in [-0.25, -0.2) is 0 Å². The van der Waals surface area contributed by atoms with Gasteiger partial charge in [0.25, 0.3) is 0 Å². The Morgan fingerprint density at radius 1 is 0.568 bits per heavy atom. The van der Waals surface area contributed by atoms with Crippen molar-refractivity contribution in [2.75, 3.05) is 13.3 Å². The number of allylic oxidation sites excluding steroid dienone is 2. The Hall–Kier alpha value is -2.34. The summed E-state index contributed by atoms with van der Waals surface area (Å²) in [5, 5.41) is 1.75. The van der Waals surface area contributed by atoms with E-state index in [9.17, 15) is 0 Å².